The van der Waals surface area contributed by atoms with Crippen LogP contribution in [0.3, 0.4) is 0 Å². The fourth-order valence-corrected chi connectivity index (χ4v) is 8.04. The Bertz CT molecular complexity index is 1490. The summed E-state index contributed by atoms with van der Waals surface area (Å²) < 4.78 is 5.54. The normalized spacial score (nSPS) is 33.6. The highest BCUT2D eigenvalue weighted by Gasteiger charge is 2.76. The van der Waals surface area contributed by atoms with E-state index in [-0.39, 0.29) is 35.8 Å². The van der Waals surface area contributed by atoms with Gasteiger partial charge in [0.25, 0.3) is 11.8 Å². The van der Waals surface area contributed by atoms with Crippen LogP contribution in [0.15, 0.2) is 54.1 Å². The summed E-state index contributed by atoms with van der Waals surface area (Å²) in [6.07, 6.45) is 1.87. The van der Waals surface area contributed by atoms with Gasteiger partial charge in [0, 0.05) is 23.6 Å². The number of amides is 4. The number of halogens is 3. The van der Waals surface area contributed by atoms with Gasteiger partial charge in [-0.3, -0.25) is 29.0 Å². The van der Waals surface area contributed by atoms with Crippen molar-refractivity contribution in [2.24, 2.45) is 17.8 Å². The summed E-state index contributed by atoms with van der Waals surface area (Å²) in [6, 6.07) is 11.0. The van der Waals surface area contributed by atoms with E-state index in [1.807, 2.05) is 0 Å². The molecule has 1 N–H and O–H groups in total. The van der Waals surface area contributed by atoms with Crippen LogP contribution >= 0.6 is 34.8 Å². The summed E-state index contributed by atoms with van der Waals surface area (Å²) >= 11 is 20.3. The molecule has 2 aliphatic carbocycles. The molecule has 0 spiro atoms. The van der Waals surface area contributed by atoms with Gasteiger partial charge < -0.3 is 9.84 Å². The van der Waals surface area contributed by atoms with Crippen LogP contribution in [0.2, 0.25) is 5.02 Å². The van der Waals surface area contributed by atoms with Gasteiger partial charge in [0.05, 0.1) is 24.6 Å². The lowest BCUT2D eigenvalue weighted by Crippen LogP contribution is -2.60. The van der Waals surface area contributed by atoms with E-state index < -0.39 is 51.1 Å². The summed E-state index contributed by atoms with van der Waals surface area (Å²) in [7, 11) is 2.72. The quantitative estimate of drug-likeness (QED) is 0.326. The minimum Gasteiger partial charge on any atom is -0.508 e. The molecule has 11 heteroatoms. The van der Waals surface area contributed by atoms with E-state index >= 15 is 0 Å². The summed E-state index contributed by atoms with van der Waals surface area (Å²) in [5.41, 5.74) is 1.15. The van der Waals surface area contributed by atoms with Crippen molar-refractivity contribution >= 4 is 64.1 Å². The molecule has 2 saturated heterocycles. The number of allylic oxidation sites excluding steroid dienone is 2. The standard InChI is InChI=1S/C28H23Cl3N2O6/c1-32-25(37)27(30)12-17-15(22(28(27,31)26(32)38)21-18(34)4-3-5-19(21)39-2)10-11-16-20(17)24(36)33(23(16)35)14-8-6-13(29)7-9-14/h3-10,16-17,20,22,34H,11-12H2,1-2H3. The number of hydrogen-bond donors (Lipinski definition) is 1. The first-order valence-corrected chi connectivity index (χ1v) is 13.5. The van der Waals surface area contributed by atoms with E-state index in [9.17, 15) is 24.3 Å². The molecular weight excluding hydrogens is 567 g/mol. The number of carbonyl (C=O) groups is 4. The Morgan fingerprint density at radius 1 is 0.974 bits per heavy atom. The zero-order valence-electron chi connectivity index (χ0n) is 20.9. The lowest BCUT2D eigenvalue weighted by Gasteiger charge is -2.50. The molecule has 6 atom stereocenters. The van der Waals surface area contributed by atoms with Gasteiger partial charge in [0.1, 0.15) is 11.5 Å². The minimum absolute atomic E-state index is 0.139. The number of aromatic hydroxyl groups is 1. The van der Waals surface area contributed by atoms with Crippen molar-refractivity contribution in [2.45, 2.75) is 28.5 Å². The van der Waals surface area contributed by atoms with E-state index in [0.29, 0.717) is 16.3 Å². The van der Waals surface area contributed by atoms with Gasteiger partial charge in [0.2, 0.25) is 11.8 Å². The largest absolute Gasteiger partial charge is 0.508 e. The predicted octanol–water partition coefficient (Wildman–Crippen LogP) is 4.25. The molecule has 2 aliphatic heterocycles. The second kappa shape index (κ2) is 8.71. The molecule has 2 aromatic rings. The number of fused-ring (bicyclic) bond motifs is 4. The van der Waals surface area contributed by atoms with Crippen molar-refractivity contribution in [2.75, 3.05) is 19.1 Å². The minimum atomic E-state index is -2.01. The van der Waals surface area contributed by atoms with E-state index in [1.54, 1.807) is 42.5 Å². The van der Waals surface area contributed by atoms with Crippen LogP contribution in [0.5, 0.6) is 11.5 Å². The molecular formula is C28H23Cl3N2O6. The van der Waals surface area contributed by atoms with Crippen LogP contribution in [0.1, 0.15) is 24.3 Å². The zero-order chi connectivity index (χ0) is 28.0. The van der Waals surface area contributed by atoms with Crippen molar-refractivity contribution in [1.29, 1.82) is 0 Å². The predicted molar refractivity (Wildman–Crippen MR) is 144 cm³/mol. The van der Waals surface area contributed by atoms with E-state index in [1.165, 1.54) is 20.2 Å². The molecule has 1 saturated carbocycles. The van der Waals surface area contributed by atoms with Gasteiger partial charge in [-0.2, -0.15) is 0 Å². The third-order valence-electron chi connectivity index (χ3n) is 8.65. The van der Waals surface area contributed by atoms with Crippen LogP contribution in [0.4, 0.5) is 5.69 Å². The van der Waals surface area contributed by atoms with E-state index in [2.05, 4.69) is 0 Å². The number of likely N-dealkylation sites (tertiary alicyclic amines) is 1. The average Bonchev–Trinajstić information content (AvgIpc) is 3.24. The maximum Gasteiger partial charge on any atom is 0.253 e. The Labute approximate surface area is 239 Å². The summed E-state index contributed by atoms with van der Waals surface area (Å²) in [4.78, 5) is 52.8. The number of ether oxygens (including phenoxy) is 1. The van der Waals surface area contributed by atoms with Crippen molar-refractivity contribution in [3.63, 3.8) is 0 Å². The highest BCUT2D eigenvalue weighted by Crippen LogP contribution is 2.66. The van der Waals surface area contributed by atoms with Crippen molar-refractivity contribution < 1.29 is 29.0 Å². The highest BCUT2D eigenvalue weighted by molar-refractivity contribution is 6.53. The second-order valence-electron chi connectivity index (χ2n) is 10.4. The molecule has 2 heterocycles. The van der Waals surface area contributed by atoms with Crippen molar-refractivity contribution in [1.82, 2.24) is 4.90 Å². The number of phenols is 1. The Morgan fingerprint density at radius 3 is 2.33 bits per heavy atom. The molecule has 0 radical (unpaired) electrons. The Kier molecular flexibility index (Phi) is 5.85. The van der Waals surface area contributed by atoms with E-state index in [0.717, 1.165) is 9.80 Å². The second-order valence-corrected chi connectivity index (χ2v) is 12.1. The smallest absolute Gasteiger partial charge is 0.253 e. The van der Waals surface area contributed by atoms with Gasteiger partial charge >= 0.3 is 0 Å². The lowest BCUT2D eigenvalue weighted by molar-refractivity contribution is -0.138. The Hall–Kier alpha value is -3.07. The summed E-state index contributed by atoms with van der Waals surface area (Å²) in [5, 5.41) is 11.5. The van der Waals surface area contributed by atoms with Gasteiger partial charge in [-0.1, -0.05) is 29.3 Å². The number of hydrogen-bond acceptors (Lipinski definition) is 6. The van der Waals surface area contributed by atoms with Gasteiger partial charge in [-0.25, -0.2) is 0 Å². The molecule has 39 heavy (non-hydrogen) atoms. The zero-order valence-corrected chi connectivity index (χ0v) is 23.1. The maximum absolute atomic E-state index is 13.9. The Balaban J connectivity index is 1.55. The molecule has 2 aromatic carbocycles. The number of phenolic OH excluding ortho intramolecular Hbond substituents is 1. The monoisotopic (exact) mass is 588 g/mol. The van der Waals surface area contributed by atoms with Crippen molar-refractivity contribution in [3.05, 3.63) is 64.7 Å². The molecule has 202 valence electrons. The van der Waals surface area contributed by atoms with Gasteiger partial charge in [0.15, 0.2) is 9.75 Å². The summed E-state index contributed by atoms with van der Waals surface area (Å²) in [6.45, 7) is 0. The number of methoxy groups -OCH3 is 1. The lowest BCUT2D eigenvalue weighted by atomic mass is 9.56. The van der Waals surface area contributed by atoms with Crippen molar-refractivity contribution in [3.8, 4) is 11.5 Å². The maximum atomic E-state index is 13.9. The number of carbonyl (C=O) groups excluding carboxylic acids is 4. The molecule has 0 aromatic heterocycles. The Morgan fingerprint density at radius 2 is 1.67 bits per heavy atom. The number of anilines is 1. The van der Waals surface area contributed by atoms with Gasteiger partial charge in [-0.15, -0.1) is 23.2 Å². The first kappa shape index (κ1) is 26.2. The first-order valence-electron chi connectivity index (χ1n) is 12.4. The fourth-order valence-electron chi connectivity index (χ4n) is 6.91. The number of benzene rings is 2. The molecule has 6 rings (SSSR count). The fraction of sp³-hybridized carbons (Fsp3) is 0.357. The molecule has 3 fully saturated rings. The third kappa shape index (κ3) is 3.25. The number of alkyl halides is 2. The van der Waals surface area contributed by atoms with Crippen LogP contribution in [-0.2, 0) is 19.2 Å². The number of nitrogens with zero attached hydrogens (tertiary/aromatic N) is 2. The number of rotatable bonds is 3. The molecule has 0 bridgehead atoms. The molecule has 6 unspecified atom stereocenters. The van der Waals surface area contributed by atoms with Gasteiger partial charge in [-0.05, 0) is 55.2 Å². The van der Waals surface area contributed by atoms with E-state index in [4.69, 9.17) is 39.5 Å². The topological polar surface area (TPSA) is 104 Å². The molecule has 4 amide bonds. The van der Waals surface area contributed by atoms with Crippen LogP contribution < -0.4 is 9.64 Å². The third-order valence-corrected chi connectivity index (χ3v) is 10.3. The van der Waals surface area contributed by atoms with Crippen LogP contribution in [0, 0.1) is 17.8 Å². The van der Waals surface area contributed by atoms with Crippen LogP contribution in [-0.4, -0.2) is 57.5 Å². The average molecular weight is 590 g/mol. The number of imide groups is 2. The first-order chi connectivity index (χ1) is 18.5. The molecule has 4 aliphatic rings. The molecule has 8 nitrogen and oxygen atoms in total. The summed E-state index contributed by atoms with van der Waals surface area (Å²) in [5.74, 6) is -5.52. The SMILES string of the molecule is COc1cccc(O)c1C1C2=CCC3C(=O)N(c4ccc(Cl)cc4)C(=O)C3C2CC2(Cl)C(=O)N(C)C(=O)C12Cl. The van der Waals surface area contributed by atoms with Crippen LogP contribution in [0.25, 0.3) is 0 Å². The highest BCUT2D eigenvalue weighted by atomic mass is 35.5.